The van der Waals surface area contributed by atoms with Crippen molar-refractivity contribution in [3.8, 4) is 0 Å². The van der Waals surface area contributed by atoms with Crippen molar-refractivity contribution in [3.05, 3.63) is 29.6 Å². The summed E-state index contributed by atoms with van der Waals surface area (Å²) in [6, 6.07) is 5.63. The molecule has 27 heavy (non-hydrogen) atoms. The fourth-order valence-corrected chi connectivity index (χ4v) is 3.48. The smallest absolute Gasteiger partial charge is 0.253 e. The number of nitrogens with zero attached hydrogens (tertiary/aromatic N) is 3. The maximum absolute atomic E-state index is 13.0. The van der Waals surface area contributed by atoms with Crippen molar-refractivity contribution in [1.82, 2.24) is 19.8 Å². The van der Waals surface area contributed by atoms with Crippen molar-refractivity contribution >= 4 is 22.8 Å². The number of carbonyl (C=O) groups excluding carboxylic acids is 2. The third-order valence-electron chi connectivity index (χ3n) is 4.93. The average Bonchev–Trinajstić information content (AvgIpc) is 2.86. The fourth-order valence-electron chi connectivity index (χ4n) is 3.48. The highest BCUT2D eigenvalue weighted by molar-refractivity contribution is 5.97. The van der Waals surface area contributed by atoms with E-state index in [1.165, 1.54) is 0 Å². The highest BCUT2D eigenvalue weighted by Crippen LogP contribution is 2.21. The zero-order chi connectivity index (χ0) is 19.6. The quantitative estimate of drug-likeness (QED) is 0.902. The molecule has 6 nitrogen and oxygen atoms in total. The van der Waals surface area contributed by atoms with Crippen molar-refractivity contribution in [3.63, 3.8) is 0 Å². The highest BCUT2D eigenvalue weighted by atomic mass is 16.2. The second-order valence-corrected chi connectivity index (χ2v) is 8.53. The van der Waals surface area contributed by atoms with E-state index in [0.29, 0.717) is 31.6 Å². The van der Waals surface area contributed by atoms with Crippen molar-refractivity contribution < 1.29 is 9.59 Å². The number of carbonyl (C=O) groups is 2. The predicted molar refractivity (Wildman–Crippen MR) is 107 cm³/mol. The SMILES string of the molecule is CCc1nc2ccc(C(=O)N3CCCN(C(=O)CC(C)(C)C)CC3)cc2[nH]1. The van der Waals surface area contributed by atoms with E-state index in [4.69, 9.17) is 0 Å². The van der Waals surface area contributed by atoms with Gasteiger partial charge in [0.2, 0.25) is 5.91 Å². The Labute approximate surface area is 160 Å². The number of H-pyrrole nitrogens is 1. The predicted octanol–water partition coefficient (Wildman–Crippen LogP) is 3.24. The number of aromatic amines is 1. The maximum atomic E-state index is 13.0. The third-order valence-corrected chi connectivity index (χ3v) is 4.93. The topological polar surface area (TPSA) is 69.3 Å². The van der Waals surface area contributed by atoms with Gasteiger partial charge in [0, 0.05) is 44.6 Å². The largest absolute Gasteiger partial charge is 0.342 e. The molecular formula is C21H30N4O2. The molecule has 0 unspecified atom stereocenters. The fraction of sp³-hybridized carbons (Fsp3) is 0.571. The van der Waals surface area contributed by atoms with Crippen molar-refractivity contribution in [2.75, 3.05) is 26.2 Å². The third kappa shape index (κ3) is 4.67. The van der Waals surface area contributed by atoms with Crippen LogP contribution in [0.5, 0.6) is 0 Å². The Morgan fingerprint density at radius 2 is 1.81 bits per heavy atom. The number of imidazole rings is 1. The Morgan fingerprint density at radius 3 is 2.52 bits per heavy atom. The summed E-state index contributed by atoms with van der Waals surface area (Å²) in [5.74, 6) is 1.13. The van der Waals surface area contributed by atoms with Gasteiger partial charge in [0.25, 0.3) is 5.91 Å². The lowest BCUT2D eigenvalue weighted by molar-refractivity contribution is -0.132. The van der Waals surface area contributed by atoms with E-state index in [9.17, 15) is 9.59 Å². The first-order valence-electron chi connectivity index (χ1n) is 9.82. The first-order valence-corrected chi connectivity index (χ1v) is 9.82. The van der Waals surface area contributed by atoms with Crippen molar-refractivity contribution in [2.24, 2.45) is 5.41 Å². The molecule has 6 heteroatoms. The Morgan fingerprint density at radius 1 is 1.11 bits per heavy atom. The van der Waals surface area contributed by atoms with Crippen LogP contribution in [0.1, 0.15) is 56.7 Å². The van der Waals surface area contributed by atoms with E-state index in [1.54, 1.807) is 0 Å². The van der Waals surface area contributed by atoms with Crippen LogP contribution in [-0.2, 0) is 11.2 Å². The van der Waals surface area contributed by atoms with Gasteiger partial charge in [0.1, 0.15) is 5.82 Å². The summed E-state index contributed by atoms with van der Waals surface area (Å²) in [5, 5.41) is 0. The number of amides is 2. The van der Waals surface area contributed by atoms with Crippen molar-refractivity contribution in [2.45, 2.75) is 47.0 Å². The van der Waals surface area contributed by atoms with Crippen LogP contribution >= 0.6 is 0 Å². The summed E-state index contributed by atoms with van der Waals surface area (Å²) < 4.78 is 0. The second-order valence-electron chi connectivity index (χ2n) is 8.53. The van der Waals surface area contributed by atoms with Gasteiger partial charge < -0.3 is 14.8 Å². The van der Waals surface area contributed by atoms with Gasteiger partial charge in [-0.2, -0.15) is 0 Å². The lowest BCUT2D eigenvalue weighted by atomic mass is 9.91. The van der Waals surface area contributed by atoms with Gasteiger partial charge in [-0.3, -0.25) is 9.59 Å². The van der Waals surface area contributed by atoms with Crippen LogP contribution in [0.4, 0.5) is 0 Å². The molecule has 0 spiro atoms. The van der Waals surface area contributed by atoms with Crippen LogP contribution < -0.4 is 0 Å². The summed E-state index contributed by atoms with van der Waals surface area (Å²) in [4.78, 5) is 37.0. The normalized spacial score (nSPS) is 15.9. The maximum Gasteiger partial charge on any atom is 0.253 e. The minimum Gasteiger partial charge on any atom is -0.342 e. The first kappa shape index (κ1) is 19.4. The van der Waals surface area contributed by atoms with Gasteiger partial charge in [-0.05, 0) is 30.0 Å². The summed E-state index contributed by atoms with van der Waals surface area (Å²) >= 11 is 0. The van der Waals surface area contributed by atoms with E-state index in [2.05, 4.69) is 30.7 Å². The van der Waals surface area contributed by atoms with E-state index >= 15 is 0 Å². The van der Waals surface area contributed by atoms with Gasteiger partial charge in [0.15, 0.2) is 0 Å². The van der Waals surface area contributed by atoms with Crippen LogP contribution in [0.2, 0.25) is 0 Å². The molecule has 0 aliphatic carbocycles. The van der Waals surface area contributed by atoms with Gasteiger partial charge in [-0.15, -0.1) is 0 Å². The Balaban J connectivity index is 1.68. The molecule has 0 saturated carbocycles. The number of nitrogens with one attached hydrogen (secondary N) is 1. The van der Waals surface area contributed by atoms with Crippen molar-refractivity contribution in [1.29, 1.82) is 0 Å². The molecule has 2 heterocycles. The second kappa shape index (κ2) is 7.71. The number of fused-ring (bicyclic) bond motifs is 1. The highest BCUT2D eigenvalue weighted by Gasteiger charge is 2.25. The lowest BCUT2D eigenvalue weighted by Gasteiger charge is -2.25. The zero-order valence-corrected chi connectivity index (χ0v) is 16.8. The van der Waals surface area contributed by atoms with Crippen LogP contribution in [-0.4, -0.2) is 57.8 Å². The molecule has 3 rings (SSSR count). The van der Waals surface area contributed by atoms with Crippen LogP contribution in [0.25, 0.3) is 11.0 Å². The number of benzene rings is 1. The molecule has 0 atom stereocenters. The van der Waals surface area contributed by atoms with Gasteiger partial charge in [0.05, 0.1) is 11.0 Å². The molecule has 1 aromatic heterocycles. The molecule has 0 bridgehead atoms. The average molecular weight is 370 g/mol. The minimum atomic E-state index is -0.0181. The van der Waals surface area contributed by atoms with E-state index in [-0.39, 0.29) is 17.2 Å². The van der Waals surface area contributed by atoms with Crippen LogP contribution in [0.3, 0.4) is 0 Å². The molecule has 2 amide bonds. The molecule has 2 aromatic rings. The Kier molecular flexibility index (Phi) is 5.53. The number of rotatable bonds is 3. The summed E-state index contributed by atoms with van der Waals surface area (Å²) in [5.41, 5.74) is 2.44. The van der Waals surface area contributed by atoms with Crippen LogP contribution in [0, 0.1) is 5.41 Å². The molecule has 146 valence electrons. The number of hydrogen-bond acceptors (Lipinski definition) is 3. The number of aromatic nitrogens is 2. The molecule has 1 fully saturated rings. The number of hydrogen-bond donors (Lipinski definition) is 1. The van der Waals surface area contributed by atoms with E-state index in [1.807, 2.05) is 34.9 Å². The molecule has 0 radical (unpaired) electrons. The Bertz CT molecular complexity index is 834. The van der Waals surface area contributed by atoms with Gasteiger partial charge in [-0.1, -0.05) is 27.7 Å². The molecule has 1 N–H and O–H groups in total. The van der Waals surface area contributed by atoms with E-state index < -0.39 is 0 Å². The molecule has 1 aromatic carbocycles. The minimum absolute atomic E-state index is 0.0181. The summed E-state index contributed by atoms with van der Waals surface area (Å²) in [6.45, 7) is 10.9. The zero-order valence-electron chi connectivity index (χ0n) is 16.8. The number of aryl methyl sites for hydroxylation is 1. The van der Waals surface area contributed by atoms with E-state index in [0.717, 1.165) is 36.2 Å². The summed E-state index contributed by atoms with van der Waals surface area (Å²) in [7, 11) is 0. The summed E-state index contributed by atoms with van der Waals surface area (Å²) in [6.07, 6.45) is 2.19. The first-order chi connectivity index (χ1) is 12.8. The van der Waals surface area contributed by atoms with Gasteiger partial charge in [-0.25, -0.2) is 4.98 Å². The molecule has 1 saturated heterocycles. The molecule has 1 aliphatic rings. The van der Waals surface area contributed by atoms with Crippen LogP contribution in [0.15, 0.2) is 18.2 Å². The monoisotopic (exact) mass is 370 g/mol. The Hall–Kier alpha value is -2.37. The lowest BCUT2D eigenvalue weighted by Crippen LogP contribution is -2.38. The standard InChI is InChI=1S/C21H30N4O2/c1-5-18-22-16-8-7-15(13-17(16)23-18)20(27)25-10-6-9-24(11-12-25)19(26)14-21(2,3)4/h7-8,13H,5-6,9-12,14H2,1-4H3,(H,22,23). The molecular weight excluding hydrogens is 340 g/mol. The van der Waals surface area contributed by atoms with Gasteiger partial charge >= 0.3 is 0 Å². The molecule has 1 aliphatic heterocycles.